The Morgan fingerprint density at radius 3 is 2.56 bits per heavy atom. The van der Waals surface area contributed by atoms with E-state index in [4.69, 9.17) is 0 Å². The minimum absolute atomic E-state index is 0.00953. The van der Waals surface area contributed by atoms with Crippen LogP contribution in [0.5, 0.6) is 0 Å². The number of rotatable bonds is 5. The fourth-order valence-corrected chi connectivity index (χ4v) is 1.37. The van der Waals surface area contributed by atoms with Gasteiger partial charge in [0.25, 0.3) is 0 Å². The fraction of sp³-hybridized carbons (Fsp3) is 0.467. The summed E-state index contributed by atoms with van der Waals surface area (Å²) in [6.45, 7) is 5.45. The number of ketones is 2. The molecule has 0 saturated heterocycles. The average molecular weight is 252 g/mol. The first-order valence-corrected chi connectivity index (χ1v) is 6.35. The van der Waals surface area contributed by atoms with Crippen molar-refractivity contribution in [2.24, 2.45) is 0 Å². The Morgan fingerprint density at radius 1 is 1.33 bits per heavy atom. The van der Waals surface area contributed by atoms with Crippen molar-refractivity contribution >= 4 is 11.6 Å². The molecule has 0 aliphatic heterocycles. The van der Waals surface area contributed by atoms with Crippen molar-refractivity contribution in [3.63, 3.8) is 0 Å². The van der Waals surface area contributed by atoms with E-state index in [0.717, 1.165) is 0 Å². The molecule has 0 saturated carbocycles. The summed E-state index contributed by atoms with van der Waals surface area (Å²) in [6, 6.07) is 0. The summed E-state index contributed by atoms with van der Waals surface area (Å²) in [7, 11) is 0. The average Bonchev–Trinajstić information content (AvgIpc) is 2.38. The Labute approximate surface area is 108 Å². The van der Waals surface area contributed by atoms with Gasteiger partial charge in [-0.1, -0.05) is 26.0 Å². The normalized spacial score (nSPS) is 14.4. The first-order chi connectivity index (χ1) is 8.59. The van der Waals surface area contributed by atoms with Crippen molar-refractivity contribution in [2.75, 3.05) is 0 Å². The molecular formula is C15H21FO2. The van der Waals surface area contributed by atoms with E-state index in [9.17, 15) is 14.0 Å². The van der Waals surface area contributed by atoms with Crippen LogP contribution < -0.4 is 0 Å². The fourth-order valence-electron chi connectivity index (χ4n) is 1.37. The van der Waals surface area contributed by atoms with Crippen molar-refractivity contribution in [1.29, 1.82) is 0 Å². The topological polar surface area (TPSA) is 34.1 Å². The summed E-state index contributed by atoms with van der Waals surface area (Å²) in [5.74, 6) is -0.336. The van der Waals surface area contributed by atoms with E-state index in [2.05, 4.69) is 0 Å². The zero-order chi connectivity index (χ0) is 14.0. The summed E-state index contributed by atoms with van der Waals surface area (Å²) in [5, 5.41) is 0. The van der Waals surface area contributed by atoms with Gasteiger partial charge in [-0.2, -0.15) is 0 Å². The Kier molecular flexibility index (Phi) is 8.71. The van der Waals surface area contributed by atoms with Crippen molar-refractivity contribution in [2.45, 2.75) is 46.5 Å². The molecule has 0 aromatic rings. The minimum Gasteiger partial charge on any atom is -0.300 e. The molecule has 18 heavy (non-hydrogen) atoms. The number of allylic oxidation sites excluding steroid dienone is 6. The van der Waals surface area contributed by atoms with Crippen LogP contribution in [0.25, 0.3) is 0 Å². The lowest BCUT2D eigenvalue weighted by Gasteiger charge is -2.04. The summed E-state index contributed by atoms with van der Waals surface area (Å²) in [4.78, 5) is 21.9. The highest BCUT2D eigenvalue weighted by Crippen LogP contribution is 2.20. The molecule has 0 bridgehead atoms. The van der Waals surface area contributed by atoms with Crippen LogP contribution in [-0.4, -0.2) is 11.6 Å². The zero-order valence-electron chi connectivity index (χ0n) is 11.3. The Balaban J connectivity index is 0.00000137. The van der Waals surface area contributed by atoms with Crippen molar-refractivity contribution < 1.29 is 14.0 Å². The molecule has 0 unspecified atom stereocenters. The number of Topliss-reactive ketones (excluding diaryl/α,β-unsaturated/α-hetero) is 1. The highest BCUT2D eigenvalue weighted by Gasteiger charge is 2.05. The third-order valence-corrected chi connectivity index (χ3v) is 2.31. The molecule has 1 aliphatic rings. The van der Waals surface area contributed by atoms with Gasteiger partial charge in [-0.15, -0.1) is 0 Å². The molecule has 2 nitrogen and oxygen atoms in total. The second kappa shape index (κ2) is 9.51. The lowest BCUT2D eigenvalue weighted by Crippen LogP contribution is -1.98. The molecule has 0 spiro atoms. The van der Waals surface area contributed by atoms with Gasteiger partial charge in [0.05, 0.1) is 0 Å². The molecule has 1 aliphatic carbocycles. The molecular weight excluding hydrogens is 231 g/mol. The molecule has 0 aromatic heterocycles. The van der Waals surface area contributed by atoms with E-state index in [-0.39, 0.29) is 30.2 Å². The van der Waals surface area contributed by atoms with Gasteiger partial charge < -0.3 is 4.79 Å². The van der Waals surface area contributed by atoms with E-state index in [1.807, 2.05) is 19.9 Å². The highest BCUT2D eigenvalue weighted by atomic mass is 19.1. The predicted molar refractivity (Wildman–Crippen MR) is 71.9 cm³/mol. The monoisotopic (exact) mass is 252 g/mol. The van der Waals surface area contributed by atoms with Gasteiger partial charge in [0.2, 0.25) is 0 Å². The minimum atomic E-state index is -0.182. The predicted octanol–water partition coefficient (Wildman–Crippen LogP) is 4.08. The SMILES string of the molecule is CC.CC(=O)CCC(=O)/C=C/C1=C(F)CCC=C1. The lowest BCUT2D eigenvalue weighted by molar-refractivity contribution is -0.120. The number of hydrogen-bond donors (Lipinski definition) is 0. The van der Waals surface area contributed by atoms with Crippen LogP contribution >= 0.6 is 0 Å². The van der Waals surface area contributed by atoms with Crippen LogP contribution in [0.4, 0.5) is 4.39 Å². The van der Waals surface area contributed by atoms with Gasteiger partial charge in [-0.05, 0) is 25.5 Å². The lowest BCUT2D eigenvalue weighted by atomic mass is 10.0. The second-order valence-electron chi connectivity index (χ2n) is 3.80. The summed E-state index contributed by atoms with van der Waals surface area (Å²) < 4.78 is 13.2. The van der Waals surface area contributed by atoms with Crippen molar-refractivity contribution in [3.05, 3.63) is 35.7 Å². The molecule has 1 rings (SSSR count). The third-order valence-electron chi connectivity index (χ3n) is 2.31. The van der Waals surface area contributed by atoms with Crippen LogP contribution in [0.1, 0.15) is 46.5 Å². The molecule has 0 amide bonds. The maximum atomic E-state index is 13.2. The number of hydrogen-bond acceptors (Lipinski definition) is 2. The van der Waals surface area contributed by atoms with Gasteiger partial charge in [0.15, 0.2) is 5.78 Å². The zero-order valence-corrected chi connectivity index (χ0v) is 11.3. The first-order valence-electron chi connectivity index (χ1n) is 6.35. The van der Waals surface area contributed by atoms with Crippen LogP contribution in [0.3, 0.4) is 0 Å². The Morgan fingerprint density at radius 2 is 2.00 bits per heavy atom. The molecule has 0 aromatic carbocycles. The molecule has 0 heterocycles. The molecule has 0 radical (unpaired) electrons. The summed E-state index contributed by atoms with van der Waals surface area (Å²) >= 11 is 0. The highest BCUT2D eigenvalue weighted by molar-refractivity contribution is 5.92. The number of carbonyl (C=O) groups excluding carboxylic acids is 2. The Hall–Kier alpha value is -1.51. The standard InChI is InChI=1S/C13H15FO2.C2H6/c1-10(15)6-8-12(16)9-7-11-4-2-3-5-13(11)14;1-2/h2,4,7,9H,3,5-6,8H2,1H3;1-2H3/b9-7+;. The second-order valence-corrected chi connectivity index (χ2v) is 3.80. The van der Waals surface area contributed by atoms with Crippen LogP contribution in [0.2, 0.25) is 0 Å². The van der Waals surface area contributed by atoms with E-state index in [1.165, 1.54) is 19.1 Å². The quantitative estimate of drug-likeness (QED) is 0.691. The third kappa shape index (κ3) is 6.94. The molecule has 0 atom stereocenters. The summed E-state index contributed by atoms with van der Waals surface area (Å²) in [6.07, 6.45) is 7.93. The van der Waals surface area contributed by atoms with Gasteiger partial charge in [-0.3, -0.25) is 4.79 Å². The number of carbonyl (C=O) groups is 2. The molecule has 100 valence electrons. The molecule has 0 fully saturated rings. The smallest absolute Gasteiger partial charge is 0.156 e. The van der Waals surface area contributed by atoms with Crippen molar-refractivity contribution in [1.82, 2.24) is 0 Å². The maximum absolute atomic E-state index is 13.2. The van der Waals surface area contributed by atoms with E-state index in [1.54, 1.807) is 6.08 Å². The van der Waals surface area contributed by atoms with Crippen LogP contribution in [-0.2, 0) is 9.59 Å². The maximum Gasteiger partial charge on any atom is 0.156 e. The van der Waals surface area contributed by atoms with Gasteiger partial charge in [0.1, 0.15) is 11.6 Å². The van der Waals surface area contributed by atoms with Gasteiger partial charge in [0, 0.05) is 24.8 Å². The molecule has 3 heteroatoms. The van der Waals surface area contributed by atoms with E-state index in [0.29, 0.717) is 18.4 Å². The Bertz CT molecular complexity index is 376. The number of halogens is 1. The van der Waals surface area contributed by atoms with Crippen LogP contribution in [0.15, 0.2) is 35.7 Å². The van der Waals surface area contributed by atoms with E-state index < -0.39 is 0 Å². The van der Waals surface area contributed by atoms with Gasteiger partial charge in [-0.25, -0.2) is 4.39 Å². The van der Waals surface area contributed by atoms with Crippen LogP contribution in [0, 0.1) is 0 Å². The van der Waals surface area contributed by atoms with Gasteiger partial charge >= 0.3 is 0 Å². The van der Waals surface area contributed by atoms with Crippen molar-refractivity contribution in [3.8, 4) is 0 Å². The molecule has 0 N–H and O–H groups in total. The largest absolute Gasteiger partial charge is 0.300 e. The summed E-state index contributed by atoms with van der Waals surface area (Å²) in [5.41, 5.74) is 0.461. The first kappa shape index (κ1) is 16.5. The van der Waals surface area contributed by atoms with E-state index >= 15 is 0 Å².